The maximum absolute atomic E-state index is 13.2. The lowest BCUT2D eigenvalue weighted by molar-refractivity contribution is -0.116. The van der Waals surface area contributed by atoms with Gasteiger partial charge < -0.3 is 5.32 Å². The molecule has 0 radical (unpaired) electrons. The van der Waals surface area contributed by atoms with E-state index >= 15 is 0 Å². The SMILES string of the molecule is Cc1nn(CC(C)C)c(C)c1CCC(=O)Nc1ccc(F)c(F)c1. The standard InChI is InChI=1S/C18H23F2N3O/c1-11(2)10-23-13(4)15(12(3)22-23)6-8-18(24)21-14-5-7-16(19)17(20)9-14/h5,7,9,11H,6,8,10H2,1-4H3,(H,21,24). The summed E-state index contributed by atoms with van der Waals surface area (Å²) < 4.78 is 28.0. The predicted octanol–water partition coefficient (Wildman–Crippen LogP) is 4.01. The van der Waals surface area contributed by atoms with E-state index in [9.17, 15) is 13.6 Å². The van der Waals surface area contributed by atoms with Crippen molar-refractivity contribution in [2.24, 2.45) is 5.92 Å². The van der Waals surface area contributed by atoms with Crippen LogP contribution in [0.2, 0.25) is 0 Å². The molecule has 6 heteroatoms. The van der Waals surface area contributed by atoms with Crippen molar-refractivity contribution in [3.05, 3.63) is 46.8 Å². The van der Waals surface area contributed by atoms with Crippen molar-refractivity contribution in [2.45, 2.75) is 47.1 Å². The van der Waals surface area contributed by atoms with Gasteiger partial charge in [0.05, 0.1) is 5.69 Å². The van der Waals surface area contributed by atoms with Crippen LogP contribution in [0.1, 0.15) is 37.2 Å². The molecule has 2 rings (SSSR count). The molecule has 1 amide bonds. The van der Waals surface area contributed by atoms with Crippen LogP contribution >= 0.6 is 0 Å². The number of anilines is 1. The van der Waals surface area contributed by atoms with Crippen molar-refractivity contribution >= 4 is 11.6 Å². The van der Waals surface area contributed by atoms with Crippen molar-refractivity contribution in [2.75, 3.05) is 5.32 Å². The van der Waals surface area contributed by atoms with Crippen LogP contribution in [0, 0.1) is 31.4 Å². The van der Waals surface area contributed by atoms with E-state index in [1.54, 1.807) is 0 Å². The van der Waals surface area contributed by atoms with Crippen molar-refractivity contribution in [1.29, 1.82) is 0 Å². The fourth-order valence-electron chi connectivity index (χ4n) is 2.66. The lowest BCUT2D eigenvalue weighted by Crippen LogP contribution is -2.13. The maximum Gasteiger partial charge on any atom is 0.224 e. The Bertz CT molecular complexity index is 738. The van der Waals surface area contributed by atoms with E-state index in [1.807, 2.05) is 18.5 Å². The van der Waals surface area contributed by atoms with Crippen molar-refractivity contribution in [1.82, 2.24) is 9.78 Å². The number of rotatable bonds is 6. The Kier molecular flexibility index (Phi) is 5.70. The quantitative estimate of drug-likeness (QED) is 0.867. The van der Waals surface area contributed by atoms with Crippen LogP contribution in [-0.2, 0) is 17.8 Å². The second-order valence-electron chi connectivity index (χ2n) is 6.40. The molecule has 1 heterocycles. The number of halogens is 2. The third-order valence-corrected chi connectivity index (χ3v) is 3.87. The molecule has 0 aliphatic heterocycles. The number of hydrogen-bond donors (Lipinski definition) is 1. The number of aryl methyl sites for hydroxylation is 1. The zero-order valence-electron chi connectivity index (χ0n) is 14.5. The van der Waals surface area contributed by atoms with Gasteiger partial charge in [-0.2, -0.15) is 5.10 Å². The lowest BCUT2D eigenvalue weighted by atomic mass is 10.1. The van der Waals surface area contributed by atoms with Crippen molar-refractivity contribution < 1.29 is 13.6 Å². The Balaban J connectivity index is 1.98. The number of hydrogen-bond acceptors (Lipinski definition) is 2. The highest BCUT2D eigenvalue weighted by atomic mass is 19.2. The molecule has 0 atom stereocenters. The van der Waals surface area contributed by atoms with Crippen LogP contribution in [0.3, 0.4) is 0 Å². The average molecular weight is 335 g/mol. The van der Waals surface area contributed by atoms with Crippen LogP contribution in [0.5, 0.6) is 0 Å². The van der Waals surface area contributed by atoms with Gasteiger partial charge in [0.25, 0.3) is 0 Å². The van der Waals surface area contributed by atoms with Crippen molar-refractivity contribution in [3.63, 3.8) is 0 Å². The summed E-state index contributed by atoms with van der Waals surface area (Å²) in [5.41, 5.74) is 3.31. The topological polar surface area (TPSA) is 46.9 Å². The third kappa shape index (κ3) is 4.40. The molecule has 2 aromatic rings. The Labute approximate surface area is 140 Å². The van der Waals surface area contributed by atoms with Gasteiger partial charge >= 0.3 is 0 Å². The molecular formula is C18H23F2N3O. The van der Waals surface area contributed by atoms with Crippen LogP contribution in [0.15, 0.2) is 18.2 Å². The molecule has 0 bridgehead atoms. The third-order valence-electron chi connectivity index (χ3n) is 3.87. The number of nitrogens with one attached hydrogen (secondary N) is 1. The molecular weight excluding hydrogens is 312 g/mol. The summed E-state index contributed by atoms with van der Waals surface area (Å²) in [6, 6.07) is 3.31. The molecule has 130 valence electrons. The summed E-state index contributed by atoms with van der Waals surface area (Å²) in [6.45, 7) is 9.04. The molecule has 0 saturated carbocycles. The molecule has 0 spiro atoms. The molecule has 0 fully saturated rings. The fourth-order valence-corrected chi connectivity index (χ4v) is 2.66. The van der Waals surface area contributed by atoms with Gasteiger partial charge in [-0.15, -0.1) is 0 Å². The number of carbonyl (C=O) groups is 1. The second-order valence-corrected chi connectivity index (χ2v) is 6.40. The summed E-state index contributed by atoms with van der Waals surface area (Å²) in [5.74, 6) is -1.66. The van der Waals surface area contributed by atoms with Gasteiger partial charge in [0.2, 0.25) is 5.91 Å². The average Bonchev–Trinajstić information content (AvgIpc) is 2.74. The summed E-state index contributed by atoms with van der Waals surface area (Å²) >= 11 is 0. The highest BCUT2D eigenvalue weighted by Gasteiger charge is 2.14. The smallest absolute Gasteiger partial charge is 0.224 e. The lowest BCUT2D eigenvalue weighted by Gasteiger charge is -2.08. The largest absolute Gasteiger partial charge is 0.326 e. The summed E-state index contributed by atoms with van der Waals surface area (Å²) in [6.07, 6.45) is 0.819. The van der Waals surface area contributed by atoms with Crippen LogP contribution in [0.4, 0.5) is 14.5 Å². The normalized spacial score (nSPS) is 11.1. The second kappa shape index (κ2) is 7.55. The Morgan fingerprint density at radius 2 is 1.96 bits per heavy atom. The minimum absolute atomic E-state index is 0.239. The molecule has 0 unspecified atom stereocenters. The molecule has 24 heavy (non-hydrogen) atoms. The minimum Gasteiger partial charge on any atom is -0.326 e. The summed E-state index contributed by atoms with van der Waals surface area (Å²) in [5, 5.41) is 7.11. The van der Waals surface area contributed by atoms with Gasteiger partial charge in [0.1, 0.15) is 0 Å². The maximum atomic E-state index is 13.2. The van der Waals surface area contributed by atoms with Crippen molar-refractivity contribution in [3.8, 4) is 0 Å². The highest BCUT2D eigenvalue weighted by molar-refractivity contribution is 5.90. The first kappa shape index (κ1) is 18.1. The number of amides is 1. The zero-order valence-corrected chi connectivity index (χ0v) is 14.5. The van der Waals surface area contributed by atoms with Crippen LogP contribution in [0.25, 0.3) is 0 Å². The first-order valence-electron chi connectivity index (χ1n) is 8.05. The zero-order chi connectivity index (χ0) is 17.9. The molecule has 1 aromatic carbocycles. The first-order valence-corrected chi connectivity index (χ1v) is 8.05. The molecule has 0 saturated heterocycles. The monoisotopic (exact) mass is 335 g/mol. The van der Waals surface area contributed by atoms with Gasteiger partial charge in [-0.25, -0.2) is 8.78 Å². The molecule has 1 aromatic heterocycles. The summed E-state index contributed by atoms with van der Waals surface area (Å²) in [7, 11) is 0. The molecule has 0 aliphatic rings. The Morgan fingerprint density at radius 3 is 2.58 bits per heavy atom. The fraction of sp³-hybridized carbons (Fsp3) is 0.444. The molecule has 1 N–H and O–H groups in total. The van der Waals surface area contributed by atoms with Gasteiger partial charge in [-0.05, 0) is 43.9 Å². The number of aromatic nitrogens is 2. The summed E-state index contributed by atoms with van der Waals surface area (Å²) in [4.78, 5) is 12.0. The van der Waals surface area contributed by atoms with E-state index in [0.717, 1.165) is 35.6 Å². The predicted molar refractivity (Wildman–Crippen MR) is 89.8 cm³/mol. The van der Waals surface area contributed by atoms with E-state index in [-0.39, 0.29) is 18.0 Å². The van der Waals surface area contributed by atoms with Gasteiger partial charge in [-0.3, -0.25) is 9.48 Å². The molecule has 0 aliphatic carbocycles. The molecule has 4 nitrogen and oxygen atoms in total. The van der Waals surface area contributed by atoms with E-state index in [1.165, 1.54) is 6.07 Å². The Hall–Kier alpha value is -2.24. The first-order chi connectivity index (χ1) is 11.3. The van der Waals surface area contributed by atoms with E-state index in [0.29, 0.717) is 12.3 Å². The van der Waals surface area contributed by atoms with E-state index < -0.39 is 11.6 Å². The van der Waals surface area contributed by atoms with Gasteiger partial charge in [0, 0.05) is 30.4 Å². The van der Waals surface area contributed by atoms with E-state index in [2.05, 4.69) is 24.3 Å². The van der Waals surface area contributed by atoms with E-state index in [4.69, 9.17) is 0 Å². The number of benzene rings is 1. The number of carbonyl (C=O) groups excluding carboxylic acids is 1. The van der Waals surface area contributed by atoms with Crippen LogP contribution < -0.4 is 5.32 Å². The van der Waals surface area contributed by atoms with Crippen LogP contribution in [-0.4, -0.2) is 15.7 Å². The van der Waals surface area contributed by atoms with Gasteiger partial charge in [0.15, 0.2) is 11.6 Å². The minimum atomic E-state index is -0.977. The Morgan fingerprint density at radius 1 is 1.25 bits per heavy atom. The highest BCUT2D eigenvalue weighted by Crippen LogP contribution is 2.18. The number of nitrogens with zero attached hydrogens (tertiary/aromatic N) is 2. The van der Waals surface area contributed by atoms with Gasteiger partial charge in [-0.1, -0.05) is 13.8 Å².